The van der Waals surface area contributed by atoms with Gasteiger partial charge in [-0.2, -0.15) is 0 Å². The molecular formula is C23H25N5O. The van der Waals surface area contributed by atoms with Gasteiger partial charge in [0.25, 0.3) is 5.91 Å². The smallest absolute Gasteiger partial charge is 0.274 e. The Morgan fingerprint density at radius 3 is 2.45 bits per heavy atom. The largest absolute Gasteiger partial charge is 0.372 e. The van der Waals surface area contributed by atoms with E-state index in [-0.39, 0.29) is 5.91 Å². The molecule has 0 atom stereocenters. The van der Waals surface area contributed by atoms with Crippen LogP contribution in [-0.2, 0) is 6.54 Å². The molecular weight excluding hydrogens is 362 g/mol. The molecule has 6 nitrogen and oxygen atoms in total. The summed E-state index contributed by atoms with van der Waals surface area (Å²) in [6.45, 7) is 2.84. The Kier molecular flexibility index (Phi) is 6.00. The van der Waals surface area contributed by atoms with Crippen LogP contribution >= 0.6 is 0 Å². The van der Waals surface area contributed by atoms with Crippen molar-refractivity contribution in [1.82, 2.24) is 9.97 Å². The summed E-state index contributed by atoms with van der Waals surface area (Å²) in [5, 5.41) is 6.14. The van der Waals surface area contributed by atoms with Crippen molar-refractivity contribution in [3.8, 4) is 0 Å². The predicted octanol–water partition coefficient (Wildman–Crippen LogP) is 4.33. The van der Waals surface area contributed by atoms with Crippen molar-refractivity contribution in [2.75, 3.05) is 28.6 Å². The number of anilines is 3. The topological polar surface area (TPSA) is 70.2 Å². The second-order valence-electron chi connectivity index (χ2n) is 7.18. The van der Waals surface area contributed by atoms with E-state index in [9.17, 15) is 4.79 Å². The minimum atomic E-state index is -0.249. The van der Waals surface area contributed by atoms with Crippen LogP contribution in [0.2, 0.25) is 0 Å². The van der Waals surface area contributed by atoms with Crippen LogP contribution in [0.15, 0.2) is 67.0 Å². The van der Waals surface area contributed by atoms with Crippen LogP contribution in [0.25, 0.3) is 0 Å². The number of hydrogen-bond donors (Lipinski definition) is 2. The highest BCUT2D eigenvalue weighted by Gasteiger charge is 2.12. The molecule has 0 bridgehead atoms. The molecule has 1 fully saturated rings. The van der Waals surface area contributed by atoms with Crippen molar-refractivity contribution in [3.63, 3.8) is 0 Å². The Hall–Kier alpha value is -3.41. The van der Waals surface area contributed by atoms with E-state index in [0.717, 1.165) is 24.3 Å². The fourth-order valence-corrected chi connectivity index (χ4v) is 3.47. The SMILES string of the molecule is O=C(Nc1ccc(N2CCCCC2)cc1)c1cc(NCc2ccccc2)ncn1. The van der Waals surface area contributed by atoms with Crippen LogP contribution in [0.3, 0.4) is 0 Å². The van der Waals surface area contributed by atoms with E-state index in [0.29, 0.717) is 18.1 Å². The number of carbonyl (C=O) groups excluding carboxylic acids is 1. The third-order valence-electron chi connectivity index (χ3n) is 5.06. The molecule has 2 heterocycles. The molecule has 3 aromatic rings. The van der Waals surface area contributed by atoms with Gasteiger partial charge in [-0.3, -0.25) is 4.79 Å². The molecule has 1 amide bonds. The van der Waals surface area contributed by atoms with E-state index in [2.05, 4.69) is 37.6 Å². The van der Waals surface area contributed by atoms with Crippen molar-refractivity contribution in [1.29, 1.82) is 0 Å². The molecule has 0 saturated carbocycles. The second kappa shape index (κ2) is 9.19. The lowest BCUT2D eigenvalue weighted by atomic mass is 10.1. The quantitative estimate of drug-likeness (QED) is 0.659. The van der Waals surface area contributed by atoms with Crippen LogP contribution in [0.5, 0.6) is 0 Å². The standard InChI is InChI=1S/C23H25N5O/c29-23(27-19-9-11-20(12-10-19)28-13-5-2-6-14-28)21-15-22(26-17-25-21)24-16-18-7-3-1-4-8-18/h1,3-4,7-12,15,17H,2,5-6,13-14,16H2,(H,27,29)(H,24,25,26). The third-order valence-corrected chi connectivity index (χ3v) is 5.06. The molecule has 29 heavy (non-hydrogen) atoms. The predicted molar refractivity (Wildman–Crippen MR) is 116 cm³/mol. The molecule has 1 saturated heterocycles. The van der Waals surface area contributed by atoms with Crippen LogP contribution in [0, 0.1) is 0 Å². The minimum Gasteiger partial charge on any atom is -0.372 e. The van der Waals surface area contributed by atoms with Gasteiger partial charge < -0.3 is 15.5 Å². The van der Waals surface area contributed by atoms with E-state index in [4.69, 9.17) is 0 Å². The average Bonchev–Trinajstić information content (AvgIpc) is 2.80. The lowest BCUT2D eigenvalue weighted by Crippen LogP contribution is -2.29. The fourth-order valence-electron chi connectivity index (χ4n) is 3.47. The average molecular weight is 387 g/mol. The van der Waals surface area contributed by atoms with Crippen molar-refractivity contribution in [2.45, 2.75) is 25.8 Å². The maximum Gasteiger partial charge on any atom is 0.274 e. The maximum atomic E-state index is 12.6. The Balaban J connectivity index is 1.36. The van der Waals surface area contributed by atoms with Crippen molar-refractivity contribution >= 4 is 23.1 Å². The Bertz CT molecular complexity index is 937. The first kappa shape index (κ1) is 18.9. The lowest BCUT2D eigenvalue weighted by Gasteiger charge is -2.28. The molecule has 148 valence electrons. The van der Waals surface area contributed by atoms with E-state index < -0.39 is 0 Å². The Labute approximate surface area is 171 Å². The number of aromatic nitrogens is 2. The summed E-state index contributed by atoms with van der Waals surface area (Å²) in [4.78, 5) is 23.3. The molecule has 1 aromatic heterocycles. The highest BCUT2D eigenvalue weighted by atomic mass is 16.1. The normalized spacial score (nSPS) is 13.7. The van der Waals surface area contributed by atoms with Gasteiger partial charge in [0.2, 0.25) is 0 Å². The summed E-state index contributed by atoms with van der Waals surface area (Å²) in [7, 11) is 0. The monoisotopic (exact) mass is 387 g/mol. The summed E-state index contributed by atoms with van der Waals surface area (Å²) < 4.78 is 0. The van der Waals surface area contributed by atoms with Crippen molar-refractivity contribution < 1.29 is 4.79 Å². The summed E-state index contributed by atoms with van der Waals surface area (Å²) in [6.07, 6.45) is 5.20. The first-order chi connectivity index (χ1) is 14.3. The van der Waals surface area contributed by atoms with Crippen LogP contribution in [0.4, 0.5) is 17.2 Å². The molecule has 1 aliphatic heterocycles. The molecule has 2 N–H and O–H groups in total. The van der Waals surface area contributed by atoms with Gasteiger partial charge in [0.15, 0.2) is 0 Å². The molecule has 0 radical (unpaired) electrons. The Morgan fingerprint density at radius 2 is 1.69 bits per heavy atom. The zero-order valence-electron chi connectivity index (χ0n) is 16.3. The van der Waals surface area contributed by atoms with Crippen LogP contribution < -0.4 is 15.5 Å². The fraction of sp³-hybridized carbons (Fsp3) is 0.261. The van der Waals surface area contributed by atoms with Crippen molar-refractivity contribution in [3.05, 3.63) is 78.2 Å². The number of benzene rings is 2. The van der Waals surface area contributed by atoms with Gasteiger partial charge in [-0.25, -0.2) is 9.97 Å². The summed E-state index contributed by atoms with van der Waals surface area (Å²) >= 11 is 0. The summed E-state index contributed by atoms with van der Waals surface area (Å²) in [5.41, 5.74) is 3.44. The first-order valence-electron chi connectivity index (χ1n) is 10.0. The van der Waals surface area contributed by atoms with Gasteiger partial charge >= 0.3 is 0 Å². The van der Waals surface area contributed by atoms with Gasteiger partial charge in [-0.05, 0) is 49.1 Å². The van der Waals surface area contributed by atoms with Gasteiger partial charge in [-0.15, -0.1) is 0 Å². The summed E-state index contributed by atoms with van der Waals surface area (Å²) in [5.74, 6) is 0.371. The van der Waals surface area contributed by atoms with E-state index >= 15 is 0 Å². The van der Waals surface area contributed by atoms with E-state index in [1.165, 1.54) is 31.3 Å². The number of hydrogen-bond acceptors (Lipinski definition) is 5. The van der Waals surface area contributed by atoms with Crippen LogP contribution in [0.1, 0.15) is 35.3 Å². The molecule has 2 aromatic carbocycles. The Morgan fingerprint density at radius 1 is 0.931 bits per heavy atom. The number of nitrogens with one attached hydrogen (secondary N) is 2. The molecule has 0 unspecified atom stereocenters. The first-order valence-corrected chi connectivity index (χ1v) is 10.0. The molecule has 0 aliphatic carbocycles. The van der Waals surface area contributed by atoms with Gasteiger partial charge in [0.05, 0.1) is 0 Å². The highest BCUT2D eigenvalue weighted by molar-refractivity contribution is 6.03. The number of amides is 1. The number of carbonyl (C=O) groups is 1. The number of piperidine rings is 1. The number of rotatable bonds is 6. The highest BCUT2D eigenvalue weighted by Crippen LogP contribution is 2.22. The van der Waals surface area contributed by atoms with E-state index in [1.54, 1.807) is 6.07 Å². The maximum absolute atomic E-state index is 12.6. The van der Waals surface area contributed by atoms with E-state index in [1.807, 2.05) is 42.5 Å². The number of nitrogens with zero attached hydrogens (tertiary/aromatic N) is 3. The van der Waals surface area contributed by atoms with Crippen LogP contribution in [-0.4, -0.2) is 29.0 Å². The summed E-state index contributed by atoms with van der Waals surface area (Å²) in [6, 6.07) is 19.7. The lowest BCUT2D eigenvalue weighted by molar-refractivity contribution is 0.102. The second-order valence-corrected chi connectivity index (χ2v) is 7.18. The van der Waals surface area contributed by atoms with Gasteiger partial charge in [0.1, 0.15) is 17.8 Å². The molecule has 0 spiro atoms. The molecule has 4 rings (SSSR count). The van der Waals surface area contributed by atoms with Gasteiger partial charge in [-0.1, -0.05) is 30.3 Å². The minimum absolute atomic E-state index is 0.249. The third kappa shape index (κ3) is 5.10. The van der Waals surface area contributed by atoms with Gasteiger partial charge in [0, 0.05) is 37.1 Å². The zero-order chi connectivity index (χ0) is 19.9. The molecule has 6 heteroatoms. The zero-order valence-corrected chi connectivity index (χ0v) is 16.3. The molecule has 1 aliphatic rings. The van der Waals surface area contributed by atoms with Crippen molar-refractivity contribution in [2.24, 2.45) is 0 Å².